The van der Waals surface area contributed by atoms with E-state index in [0.717, 1.165) is 32.1 Å². The van der Waals surface area contributed by atoms with Gasteiger partial charge in [-0.05, 0) is 101 Å². The lowest BCUT2D eigenvalue weighted by molar-refractivity contribution is 0.0255. The molecule has 0 saturated heterocycles. The molecule has 0 unspecified atom stereocenters. The Morgan fingerprint density at radius 1 is 0.524 bits per heavy atom. The first-order chi connectivity index (χ1) is 19.8. The summed E-state index contributed by atoms with van der Waals surface area (Å²) in [6, 6.07) is 0. The summed E-state index contributed by atoms with van der Waals surface area (Å²) in [6.07, 6.45) is 42.2. The topological polar surface area (TPSA) is 9.23 Å². The van der Waals surface area contributed by atoms with E-state index in [0.29, 0.717) is 0 Å². The molecule has 0 N–H and O–H groups in total. The molecule has 0 heterocycles. The second kappa shape index (κ2) is 23.4. The molecule has 0 aliphatic rings. The Kier molecular flexibility index (Phi) is 21.6. The van der Waals surface area contributed by atoms with Crippen molar-refractivity contribution in [1.82, 2.24) is 0 Å². The highest BCUT2D eigenvalue weighted by Gasteiger charge is 2.12. The third-order valence-electron chi connectivity index (χ3n) is 6.67. The normalized spacial score (nSPS) is 15.5. The average Bonchev–Trinajstić information content (AvgIpc) is 2.91. The molecule has 0 radical (unpaired) electrons. The Balaban J connectivity index is 4.66. The molecule has 42 heavy (non-hydrogen) atoms. The van der Waals surface area contributed by atoms with Crippen molar-refractivity contribution in [3.8, 4) is 0 Å². The Bertz CT molecular complexity index is 1150. The van der Waals surface area contributed by atoms with Gasteiger partial charge < -0.3 is 4.74 Å². The number of hydrogen-bond acceptors (Lipinski definition) is 1. The molecule has 0 aromatic rings. The van der Waals surface area contributed by atoms with Crippen molar-refractivity contribution >= 4 is 0 Å². The third kappa shape index (κ3) is 24.6. The molecule has 230 valence electrons. The van der Waals surface area contributed by atoms with Crippen LogP contribution >= 0.6 is 0 Å². The Morgan fingerprint density at radius 2 is 0.952 bits per heavy atom. The molecule has 0 spiro atoms. The first kappa shape index (κ1) is 38.8. The molecule has 0 aromatic heterocycles. The molecule has 0 aliphatic heterocycles. The number of methoxy groups -OCH3 is 1. The van der Waals surface area contributed by atoms with Crippen LogP contribution in [-0.4, -0.2) is 12.7 Å². The van der Waals surface area contributed by atoms with Crippen LogP contribution in [0.15, 0.2) is 142 Å². The Hall–Kier alpha value is -3.16. The maximum atomic E-state index is 5.45. The fourth-order valence-corrected chi connectivity index (χ4v) is 3.64. The minimum atomic E-state index is -0.118. The summed E-state index contributed by atoms with van der Waals surface area (Å²) in [7, 11) is 1.76. The summed E-state index contributed by atoms with van der Waals surface area (Å²) in [4.78, 5) is 0. The zero-order valence-corrected chi connectivity index (χ0v) is 28.8. The van der Waals surface area contributed by atoms with E-state index in [1.165, 1.54) is 39.0 Å². The van der Waals surface area contributed by atoms with Crippen molar-refractivity contribution < 1.29 is 4.74 Å². The first-order valence-corrected chi connectivity index (χ1v) is 15.4. The second-order valence-corrected chi connectivity index (χ2v) is 12.1. The van der Waals surface area contributed by atoms with Crippen LogP contribution < -0.4 is 0 Å². The minimum Gasteiger partial charge on any atom is -0.378 e. The molecular weight excluding hydrogens is 508 g/mol. The fourth-order valence-electron chi connectivity index (χ4n) is 3.64. The van der Waals surface area contributed by atoms with E-state index in [-0.39, 0.29) is 5.60 Å². The van der Waals surface area contributed by atoms with Gasteiger partial charge >= 0.3 is 0 Å². The molecule has 0 aliphatic carbocycles. The van der Waals surface area contributed by atoms with Crippen molar-refractivity contribution in [3.63, 3.8) is 0 Å². The van der Waals surface area contributed by atoms with Gasteiger partial charge in [0.25, 0.3) is 0 Å². The summed E-state index contributed by atoms with van der Waals surface area (Å²) >= 11 is 0. The fraction of sp³-hybridized carbons (Fsp3) is 0.415. The molecule has 0 rings (SSSR count). The van der Waals surface area contributed by atoms with Crippen LogP contribution in [0.4, 0.5) is 0 Å². The van der Waals surface area contributed by atoms with Gasteiger partial charge in [-0.25, -0.2) is 0 Å². The standard InChI is InChI=1S/C41H60O/c1-34(2)20-14-23-37(5)26-17-29-38(6)27-15-24-35(3)21-12-13-22-36(4)25-16-28-39(7)30-18-31-40(8)32-19-33-41(9,10)42-11/h12-13,15-16,18-22,24-28,30-32H,14,17,23,29,33H2,1-11H3/b13-12+,24-15+,25-16+,30-18+,32-19+,35-21-,36-22+,37-26+,38-27+,39-28+,40-31+. The van der Waals surface area contributed by atoms with Crippen molar-refractivity contribution in [3.05, 3.63) is 142 Å². The number of rotatable bonds is 18. The van der Waals surface area contributed by atoms with Crippen molar-refractivity contribution in [2.75, 3.05) is 7.11 Å². The van der Waals surface area contributed by atoms with Gasteiger partial charge in [0.15, 0.2) is 0 Å². The largest absolute Gasteiger partial charge is 0.378 e. The van der Waals surface area contributed by atoms with Gasteiger partial charge in [0.05, 0.1) is 5.60 Å². The van der Waals surface area contributed by atoms with Crippen LogP contribution in [0.25, 0.3) is 0 Å². The van der Waals surface area contributed by atoms with Gasteiger partial charge in [-0.15, -0.1) is 0 Å². The van der Waals surface area contributed by atoms with Gasteiger partial charge in [0, 0.05) is 7.11 Å². The lowest BCUT2D eigenvalue weighted by Crippen LogP contribution is -2.20. The van der Waals surface area contributed by atoms with Crippen LogP contribution in [0, 0.1) is 0 Å². The predicted octanol–water partition coefficient (Wildman–Crippen LogP) is 12.8. The maximum absolute atomic E-state index is 5.45. The van der Waals surface area contributed by atoms with E-state index >= 15 is 0 Å². The highest BCUT2D eigenvalue weighted by atomic mass is 16.5. The molecule has 1 heteroatoms. The second-order valence-electron chi connectivity index (χ2n) is 12.1. The van der Waals surface area contributed by atoms with E-state index in [1.807, 2.05) is 0 Å². The number of ether oxygens (including phenoxy) is 1. The summed E-state index contributed by atoms with van der Waals surface area (Å²) in [5.41, 5.74) is 9.06. The van der Waals surface area contributed by atoms with E-state index in [1.54, 1.807) is 7.11 Å². The highest BCUT2D eigenvalue weighted by Crippen LogP contribution is 2.14. The van der Waals surface area contributed by atoms with Gasteiger partial charge in [-0.1, -0.05) is 142 Å². The Morgan fingerprint density at radius 3 is 1.45 bits per heavy atom. The van der Waals surface area contributed by atoms with Gasteiger partial charge in [-0.2, -0.15) is 0 Å². The molecule has 0 aromatic carbocycles. The zero-order chi connectivity index (χ0) is 31.8. The van der Waals surface area contributed by atoms with Gasteiger partial charge in [-0.3, -0.25) is 0 Å². The summed E-state index contributed by atoms with van der Waals surface area (Å²) in [5.74, 6) is 0. The lowest BCUT2D eigenvalue weighted by atomic mass is 10.0. The quantitative estimate of drug-likeness (QED) is 0.118. The lowest BCUT2D eigenvalue weighted by Gasteiger charge is -2.20. The first-order valence-electron chi connectivity index (χ1n) is 15.4. The smallest absolute Gasteiger partial charge is 0.0657 e. The van der Waals surface area contributed by atoms with Crippen molar-refractivity contribution in [2.45, 2.75) is 107 Å². The van der Waals surface area contributed by atoms with Gasteiger partial charge in [0.2, 0.25) is 0 Å². The van der Waals surface area contributed by atoms with Gasteiger partial charge in [0.1, 0.15) is 0 Å². The monoisotopic (exact) mass is 568 g/mol. The van der Waals surface area contributed by atoms with E-state index in [4.69, 9.17) is 4.74 Å². The van der Waals surface area contributed by atoms with Crippen LogP contribution in [0.1, 0.15) is 101 Å². The molecule has 0 bridgehead atoms. The van der Waals surface area contributed by atoms with Crippen LogP contribution in [0.2, 0.25) is 0 Å². The average molecular weight is 569 g/mol. The zero-order valence-electron chi connectivity index (χ0n) is 28.8. The third-order valence-corrected chi connectivity index (χ3v) is 6.67. The van der Waals surface area contributed by atoms with E-state index < -0.39 is 0 Å². The summed E-state index contributed by atoms with van der Waals surface area (Å²) < 4.78 is 5.45. The van der Waals surface area contributed by atoms with Crippen LogP contribution in [0.3, 0.4) is 0 Å². The summed E-state index contributed by atoms with van der Waals surface area (Å²) in [5, 5.41) is 0. The summed E-state index contributed by atoms with van der Waals surface area (Å²) in [6.45, 7) is 21.5. The molecule has 0 fully saturated rings. The van der Waals surface area contributed by atoms with Crippen molar-refractivity contribution in [1.29, 1.82) is 0 Å². The van der Waals surface area contributed by atoms with E-state index in [9.17, 15) is 0 Å². The molecular formula is C41H60O. The maximum Gasteiger partial charge on any atom is 0.0657 e. The predicted molar refractivity (Wildman–Crippen MR) is 192 cm³/mol. The minimum absolute atomic E-state index is 0.118. The molecule has 1 nitrogen and oxygen atoms in total. The Labute approximate surface area is 260 Å². The van der Waals surface area contributed by atoms with E-state index in [2.05, 4.69) is 173 Å². The van der Waals surface area contributed by atoms with Crippen molar-refractivity contribution in [2.24, 2.45) is 0 Å². The van der Waals surface area contributed by atoms with Crippen LogP contribution in [-0.2, 0) is 4.74 Å². The number of allylic oxidation sites excluding steroid dienone is 23. The molecule has 0 atom stereocenters. The molecule has 0 saturated carbocycles. The highest BCUT2D eigenvalue weighted by molar-refractivity contribution is 5.32. The van der Waals surface area contributed by atoms with Crippen LogP contribution in [0.5, 0.6) is 0 Å². The number of hydrogen-bond donors (Lipinski definition) is 0. The SMILES string of the molecule is COC(C)(C)C/C=C/C(C)=C/C=C/C(C)=C/C=C/C(C)=C/C=C/C=C(C)\C=C\C=C(/C)CC/C=C(\C)CCC=C(C)C. The molecule has 0 amide bonds.